The maximum absolute atomic E-state index is 12.2. The first-order chi connectivity index (χ1) is 8.49. The van der Waals surface area contributed by atoms with E-state index in [1.165, 1.54) is 11.3 Å². The van der Waals surface area contributed by atoms with Crippen LogP contribution in [0.1, 0.15) is 51.3 Å². The maximum Gasteiger partial charge on any atom is 0.136 e. The molecule has 2 unspecified atom stereocenters. The second kappa shape index (κ2) is 5.56. The van der Waals surface area contributed by atoms with Crippen molar-refractivity contribution in [3.8, 4) is 0 Å². The fraction of sp³-hybridized carbons (Fsp3) is 0.688. The molecule has 1 aliphatic carbocycles. The molecule has 1 heterocycles. The molecule has 0 spiro atoms. The second-order valence-electron chi connectivity index (χ2n) is 6.47. The second-order valence-corrected chi connectivity index (χ2v) is 7.51. The van der Waals surface area contributed by atoms with Gasteiger partial charge in [-0.2, -0.15) is 0 Å². The van der Waals surface area contributed by atoms with Crippen molar-refractivity contribution in [2.24, 2.45) is 17.3 Å². The predicted octanol–water partition coefficient (Wildman–Crippen LogP) is 4.71. The SMILES string of the molecule is CC1CCC(C(C)(C)CCc2cccs2)C(=O)C1. The van der Waals surface area contributed by atoms with Gasteiger partial charge in [-0.1, -0.05) is 26.8 Å². The van der Waals surface area contributed by atoms with Gasteiger partial charge in [-0.3, -0.25) is 4.79 Å². The lowest BCUT2D eigenvalue weighted by Crippen LogP contribution is -2.35. The Kier molecular flexibility index (Phi) is 4.26. The van der Waals surface area contributed by atoms with Crippen LogP contribution in [0.15, 0.2) is 17.5 Å². The number of Topliss-reactive ketones (excluding diaryl/α,β-unsaturated/α-hetero) is 1. The summed E-state index contributed by atoms with van der Waals surface area (Å²) >= 11 is 1.83. The highest BCUT2D eigenvalue weighted by Crippen LogP contribution is 2.41. The lowest BCUT2D eigenvalue weighted by atomic mass is 9.66. The molecule has 1 aromatic rings. The van der Waals surface area contributed by atoms with Gasteiger partial charge in [0, 0.05) is 17.2 Å². The topological polar surface area (TPSA) is 17.1 Å². The zero-order valence-electron chi connectivity index (χ0n) is 11.7. The minimum absolute atomic E-state index is 0.154. The molecule has 0 aliphatic heterocycles. The molecule has 2 heteroatoms. The molecule has 0 bridgehead atoms. The Morgan fingerprint density at radius 2 is 2.17 bits per heavy atom. The molecular weight excluding hydrogens is 240 g/mol. The molecule has 0 amide bonds. The fourth-order valence-corrected chi connectivity index (χ4v) is 3.81. The molecule has 1 aromatic heterocycles. The number of carbonyl (C=O) groups is 1. The molecule has 1 fully saturated rings. The summed E-state index contributed by atoms with van der Waals surface area (Å²) in [6, 6.07) is 4.31. The Labute approximate surface area is 115 Å². The number of hydrogen-bond donors (Lipinski definition) is 0. The third-order valence-corrected chi connectivity index (χ3v) is 5.36. The molecule has 1 aliphatic rings. The van der Waals surface area contributed by atoms with E-state index in [0.29, 0.717) is 11.7 Å². The zero-order chi connectivity index (χ0) is 13.2. The van der Waals surface area contributed by atoms with Gasteiger partial charge in [-0.15, -0.1) is 11.3 Å². The van der Waals surface area contributed by atoms with Crippen molar-refractivity contribution in [2.45, 2.75) is 52.9 Å². The van der Waals surface area contributed by atoms with Gasteiger partial charge in [0.2, 0.25) is 0 Å². The van der Waals surface area contributed by atoms with E-state index in [1.807, 2.05) is 11.3 Å². The summed E-state index contributed by atoms with van der Waals surface area (Å²) in [4.78, 5) is 13.7. The lowest BCUT2D eigenvalue weighted by Gasteiger charge is -2.37. The van der Waals surface area contributed by atoms with E-state index >= 15 is 0 Å². The third-order valence-electron chi connectivity index (χ3n) is 4.43. The van der Waals surface area contributed by atoms with Crippen molar-refractivity contribution in [1.82, 2.24) is 0 Å². The largest absolute Gasteiger partial charge is 0.299 e. The molecule has 0 N–H and O–H groups in total. The molecular formula is C16H24OS. The molecule has 0 radical (unpaired) electrons. The van der Waals surface area contributed by atoms with Crippen LogP contribution in [0.5, 0.6) is 0 Å². The van der Waals surface area contributed by atoms with Crippen molar-refractivity contribution in [3.05, 3.63) is 22.4 Å². The highest BCUT2D eigenvalue weighted by Gasteiger charge is 2.37. The van der Waals surface area contributed by atoms with Gasteiger partial charge in [0.05, 0.1) is 0 Å². The average molecular weight is 264 g/mol. The standard InChI is InChI=1S/C16H24OS/c1-12-6-7-14(15(17)11-12)16(2,3)9-8-13-5-4-10-18-13/h4-5,10,12,14H,6-9,11H2,1-3H3. The van der Waals surface area contributed by atoms with Gasteiger partial charge >= 0.3 is 0 Å². The van der Waals surface area contributed by atoms with E-state index in [4.69, 9.17) is 0 Å². The van der Waals surface area contributed by atoms with E-state index in [0.717, 1.165) is 25.7 Å². The third kappa shape index (κ3) is 3.23. The first-order valence-electron chi connectivity index (χ1n) is 7.04. The van der Waals surface area contributed by atoms with Crippen molar-refractivity contribution in [3.63, 3.8) is 0 Å². The number of hydrogen-bond acceptors (Lipinski definition) is 2. The molecule has 2 rings (SSSR count). The van der Waals surface area contributed by atoms with Crippen LogP contribution in [0.3, 0.4) is 0 Å². The van der Waals surface area contributed by atoms with Crippen LogP contribution in [0.4, 0.5) is 0 Å². The van der Waals surface area contributed by atoms with Gasteiger partial charge in [-0.25, -0.2) is 0 Å². The summed E-state index contributed by atoms with van der Waals surface area (Å²) in [7, 11) is 0. The van der Waals surface area contributed by atoms with Gasteiger partial charge < -0.3 is 0 Å². The van der Waals surface area contributed by atoms with Crippen LogP contribution in [0, 0.1) is 17.3 Å². The van der Waals surface area contributed by atoms with Crippen molar-refractivity contribution in [2.75, 3.05) is 0 Å². The summed E-state index contributed by atoms with van der Waals surface area (Å²) in [6.07, 6.45) is 5.35. The molecule has 0 saturated heterocycles. The van der Waals surface area contributed by atoms with E-state index in [-0.39, 0.29) is 11.3 Å². The van der Waals surface area contributed by atoms with Crippen molar-refractivity contribution >= 4 is 17.1 Å². The summed E-state index contributed by atoms with van der Waals surface area (Å²) < 4.78 is 0. The summed E-state index contributed by atoms with van der Waals surface area (Å²) in [5, 5.41) is 2.13. The molecule has 0 aromatic carbocycles. The Morgan fingerprint density at radius 3 is 2.78 bits per heavy atom. The molecule has 100 valence electrons. The van der Waals surface area contributed by atoms with Gasteiger partial charge in [0.1, 0.15) is 5.78 Å². The minimum Gasteiger partial charge on any atom is -0.299 e. The van der Waals surface area contributed by atoms with E-state index in [2.05, 4.69) is 38.3 Å². The number of ketones is 1. The summed E-state index contributed by atoms with van der Waals surface area (Å²) in [6.45, 7) is 6.76. The Hall–Kier alpha value is -0.630. The Bertz CT molecular complexity index is 391. The van der Waals surface area contributed by atoms with E-state index in [9.17, 15) is 4.79 Å². The molecule has 1 saturated carbocycles. The highest BCUT2D eigenvalue weighted by atomic mass is 32.1. The van der Waals surface area contributed by atoms with Crippen LogP contribution in [0.2, 0.25) is 0 Å². The fourth-order valence-electron chi connectivity index (χ4n) is 3.10. The van der Waals surface area contributed by atoms with Crippen LogP contribution in [-0.2, 0) is 11.2 Å². The normalized spacial score (nSPS) is 25.4. The van der Waals surface area contributed by atoms with Crippen molar-refractivity contribution in [1.29, 1.82) is 0 Å². The first kappa shape index (κ1) is 13.8. The highest BCUT2D eigenvalue weighted by molar-refractivity contribution is 7.09. The van der Waals surface area contributed by atoms with Crippen LogP contribution in [0.25, 0.3) is 0 Å². The van der Waals surface area contributed by atoms with E-state index in [1.54, 1.807) is 0 Å². The lowest BCUT2D eigenvalue weighted by molar-refractivity contribution is -0.130. The van der Waals surface area contributed by atoms with Gasteiger partial charge in [-0.05, 0) is 48.5 Å². The summed E-state index contributed by atoms with van der Waals surface area (Å²) in [5.41, 5.74) is 0.154. The van der Waals surface area contributed by atoms with Crippen LogP contribution >= 0.6 is 11.3 Å². The van der Waals surface area contributed by atoms with E-state index < -0.39 is 0 Å². The quantitative estimate of drug-likeness (QED) is 0.769. The predicted molar refractivity (Wildman–Crippen MR) is 77.9 cm³/mol. The Balaban J connectivity index is 1.95. The molecule has 2 atom stereocenters. The number of aryl methyl sites for hydroxylation is 1. The van der Waals surface area contributed by atoms with Crippen LogP contribution in [-0.4, -0.2) is 5.78 Å². The molecule has 1 nitrogen and oxygen atoms in total. The Morgan fingerprint density at radius 1 is 1.39 bits per heavy atom. The van der Waals surface area contributed by atoms with Gasteiger partial charge in [0.15, 0.2) is 0 Å². The number of thiophene rings is 1. The van der Waals surface area contributed by atoms with Crippen molar-refractivity contribution < 1.29 is 4.79 Å². The zero-order valence-corrected chi connectivity index (χ0v) is 12.6. The van der Waals surface area contributed by atoms with Crippen LogP contribution < -0.4 is 0 Å². The minimum atomic E-state index is 0.154. The monoisotopic (exact) mass is 264 g/mol. The maximum atomic E-state index is 12.2. The number of carbonyl (C=O) groups excluding carboxylic acids is 1. The number of rotatable bonds is 4. The summed E-state index contributed by atoms with van der Waals surface area (Å²) in [5.74, 6) is 1.39. The smallest absolute Gasteiger partial charge is 0.136 e. The van der Waals surface area contributed by atoms with Gasteiger partial charge in [0.25, 0.3) is 0 Å². The average Bonchev–Trinajstić information content (AvgIpc) is 2.78. The first-order valence-corrected chi connectivity index (χ1v) is 7.92. The molecule has 18 heavy (non-hydrogen) atoms.